The third-order valence-corrected chi connectivity index (χ3v) is 2.68. The molecule has 1 unspecified atom stereocenters. The first-order valence-electron chi connectivity index (χ1n) is 2.38. The third-order valence-electron chi connectivity index (χ3n) is 1.45. The average molecular weight is 134 g/mol. The molecule has 4 heterocycles. The SMILES string of the molecule is C1OC23OP(OC12)O3. The van der Waals surface area contributed by atoms with Gasteiger partial charge in [0.25, 0.3) is 0 Å². The summed E-state index contributed by atoms with van der Waals surface area (Å²) in [5, 5.41) is 0. The zero-order valence-electron chi connectivity index (χ0n) is 3.86. The van der Waals surface area contributed by atoms with E-state index < -0.39 is 14.6 Å². The van der Waals surface area contributed by atoms with Crippen molar-refractivity contribution < 1.29 is 18.3 Å². The van der Waals surface area contributed by atoms with Crippen LogP contribution in [0.1, 0.15) is 0 Å². The van der Waals surface area contributed by atoms with Crippen molar-refractivity contribution in [3.63, 3.8) is 0 Å². The molecular weight excluding hydrogens is 131 g/mol. The van der Waals surface area contributed by atoms with Gasteiger partial charge in [-0.25, -0.2) is 0 Å². The van der Waals surface area contributed by atoms with Crippen LogP contribution in [0.2, 0.25) is 0 Å². The molecule has 1 spiro atoms. The topological polar surface area (TPSA) is 36.9 Å². The lowest BCUT2D eigenvalue weighted by Crippen LogP contribution is -2.57. The van der Waals surface area contributed by atoms with E-state index in [1.165, 1.54) is 0 Å². The minimum Gasteiger partial charge on any atom is -0.322 e. The molecule has 44 valence electrons. The molecular formula is C3H3O4P. The Kier molecular flexibility index (Phi) is 0.496. The predicted octanol–water partition coefficient (Wildman–Crippen LogP) is 0.343. The molecule has 0 aromatic rings. The van der Waals surface area contributed by atoms with Crippen LogP contribution in [0.3, 0.4) is 0 Å². The Morgan fingerprint density at radius 2 is 2.38 bits per heavy atom. The maximum Gasteiger partial charge on any atom is 0.342 e. The Labute approximate surface area is 46.7 Å². The van der Waals surface area contributed by atoms with E-state index in [-0.39, 0.29) is 6.10 Å². The smallest absolute Gasteiger partial charge is 0.322 e. The highest BCUT2D eigenvalue weighted by Gasteiger charge is 2.72. The lowest BCUT2D eigenvalue weighted by molar-refractivity contribution is -0.406. The maximum absolute atomic E-state index is 5.12. The second-order valence-electron chi connectivity index (χ2n) is 1.91. The molecule has 0 aromatic heterocycles. The predicted molar refractivity (Wildman–Crippen MR) is 22.6 cm³/mol. The largest absolute Gasteiger partial charge is 0.342 e. The summed E-state index contributed by atoms with van der Waals surface area (Å²) in [6, 6.07) is 0. The van der Waals surface area contributed by atoms with Crippen LogP contribution in [0, 0.1) is 0 Å². The zero-order valence-corrected chi connectivity index (χ0v) is 4.76. The molecule has 8 heavy (non-hydrogen) atoms. The van der Waals surface area contributed by atoms with E-state index >= 15 is 0 Å². The van der Waals surface area contributed by atoms with Gasteiger partial charge >= 0.3 is 14.6 Å². The van der Waals surface area contributed by atoms with Crippen molar-refractivity contribution in [3.05, 3.63) is 0 Å². The molecule has 2 bridgehead atoms. The molecule has 4 rings (SSSR count). The first kappa shape index (κ1) is 4.14. The summed E-state index contributed by atoms with van der Waals surface area (Å²) < 4.78 is 20.1. The molecule has 0 aliphatic carbocycles. The van der Waals surface area contributed by atoms with E-state index in [9.17, 15) is 0 Å². The van der Waals surface area contributed by atoms with Crippen LogP contribution in [0.25, 0.3) is 0 Å². The van der Waals surface area contributed by atoms with Gasteiger partial charge in [-0.1, -0.05) is 0 Å². The first-order valence-corrected chi connectivity index (χ1v) is 3.48. The van der Waals surface area contributed by atoms with E-state index in [2.05, 4.69) is 0 Å². The zero-order chi connectivity index (χ0) is 5.19. The van der Waals surface area contributed by atoms with E-state index in [1.54, 1.807) is 0 Å². The fourth-order valence-corrected chi connectivity index (χ4v) is 2.17. The third kappa shape index (κ3) is 0.252. The van der Waals surface area contributed by atoms with Crippen LogP contribution < -0.4 is 0 Å². The van der Waals surface area contributed by atoms with Gasteiger partial charge in [0, 0.05) is 0 Å². The summed E-state index contributed by atoms with van der Waals surface area (Å²) in [7, 11) is -0.972. The standard InChI is InChI=1S/C3H3O4P/c1-2-3(4-1)6-8(5-2)7-3/h2H,1H2. The Hall–Kier alpha value is 0.270. The number of rotatable bonds is 0. The summed E-state index contributed by atoms with van der Waals surface area (Å²) in [5.74, 6) is -0.717. The summed E-state index contributed by atoms with van der Waals surface area (Å²) >= 11 is 0. The highest BCUT2D eigenvalue weighted by atomic mass is 31.2. The molecule has 4 fully saturated rings. The molecule has 0 N–H and O–H groups in total. The van der Waals surface area contributed by atoms with Crippen molar-refractivity contribution in [3.8, 4) is 0 Å². The van der Waals surface area contributed by atoms with Crippen molar-refractivity contribution in [1.29, 1.82) is 0 Å². The molecule has 4 aliphatic rings. The monoisotopic (exact) mass is 134 g/mol. The van der Waals surface area contributed by atoms with Gasteiger partial charge in [-0.15, -0.1) is 0 Å². The lowest BCUT2D eigenvalue weighted by atomic mass is 10.2. The fraction of sp³-hybridized carbons (Fsp3) is 1.00. The maximum atomic E-state index is 5.12. The highest BCUT2D eigenvalue weighted by Crippen LogP contribution is 2.71. The minimum absolute atomic E-state index is 0.0774. The van der Waals surface area contributed by atoms with Gasteiger partial charge < -0.3 is 4.74 Å². The summed E-state index contributed by atoms with van der Waals surface area (Å²) in [4.78, 5) is 0. The van der Waals surface area contributed by atoms with Gasteiger partial charge in [0.1, 0.15) is 0 Å². The van der Waals surface area contributed by atoms with Crippen molar-refractivity contribution >= 4 is 8.60 Å². The second-order valence-corrected chi connectivity index (χ2v) is 2.94. The van der Waals surface area contributed by atoms with Crippen LogP contribution in [-0.4, -0.2) is 18.7 Å². The molecule has 0 aromatic carbocycles. The average Bonchev–Trinajstić information content (AvgIpc) is 1.85. The van der Waals surface area contributed by atoms with Gasteiger partial charge in [-0.05, 0) is 0 Å². The Bertz CT molecular complexity index is 139. The lowest BCUT2D eigenvalue weighted by Gasteiger charge is -2.41. The Balaban J connectivity index is 2.04. The molecule has 0 amide bonds. The van der Waals surface area contributed by atoms with Gasteiger partial charge in [0.2, 0.25) is 0 Å². The molecule has 0 saturated carbocycles. The minimum atomic E-state index is -0.972. The summed E-state index contributed by atoms with van der Waals surface area (Å²) in [6.07, 6.45) is 0.0774. The molecule has 5 heteroatoms. The van der Waals surface area contributed by atoms with Crippen LogP contribution in [0.5, 0.6) is 0 Å². The van der Waals surface area contributed by atoms with Crippen LogP contribution >= 0.6 is 8.60 Å². The quantitative estimate of drug-likeness (QED) is 0.447. The molecule has 0 radical (unpaired) electrons. The fourth-order valence-electron chi connectivity index (χ4n) is 0.914. The number of hydrogen-bond acceptors (Lipinski definition) is 4. The first-order chi connectivity index (χ1) is 3.89. The van der Waals surface area contributed by atoms with Crippen molar-refractivity contribution in [2.75, 3.05) is 6.61 Å². The molecule has 4 saturated heterocycles. The summed E-state index contributed by atoms with van der Waals surface area (Å²) in [6.45, 7) is 0.624. The van der Waals surface area contributed by atoms with Crippen LogP contribution in [0.4, 0.5) is 0 Å². The Morgan fingerprint density at radius 3 is 2.62 bits per heavy atom. The number of ether oxygens (including phenoxy) is 1. The highest BCUT2D eigenvalue weighted by molar-refractivity contribution is 7.43. The van der Waals surface area contributed by atoms with Crippen LogP contribution in [0.15, 0.2) is 0 Å². The molecule has 1 atom stereocenters. The number of hydrogen-bond donors (Lipinski definition) is 0. The van der Waals surface area contributed by atoms with E-state index in [1.807, 2.05) is 0 Å². The van der Waals surface area contributed by atoms with Crippen LogP contribution in [-0.2, 0) is 18.3 Å². The van der Waals surface area contributed by atoms with Crippen molar-refractivity contribution in [2.45, 2.75) is 12.1 Å². The van der Waals surface area contributed by atoms with Gasteiger partial charge in [0.15, 0.2) is 6.10 Å². The van der Waals surface area contributed by atoms with E-state index in [0.717, 1.165) is 0 Å². The van der Waals surface area contributed by atoms with Gasteiger partial charge in [-0.3, -0.25) is 13.6 Å². The normalized spacial score (nSPS) is 66.0. The van der Waals surface area contributed by atoms with Gasteiger partial charge in [0.05, 0.1) is 6.61 Å². The Morgan fingerprint density at radius 1 is 1.50 bits per heavy atom. The van der Waals surface area contributed by atoms with E-state index in [4.69, 9.17) is 18.3 Å². The summed E-state index contributed by atoms with van der Waals surface area (Å²) in [5.41, 5.74) is 0. The van der Waals surface area contributed by atoms with Crippen molar-refractivity contribution in [2.24, 2.45) is 0 Å². The van der Waals surface area contributed by atoms with Crippen molar-refractivity contribution in [1.82, 2.24) is 0 Å². The van der Waals surface area contributed by atoms with E-state index in [0.29, 0.717) is 6.61 Å². The molecule has 4 nitrogen and oxygen atoms in total. The second kappa shape index (κ2) is 0.958. The molecule has 4 aliphatic heterocycles. The van der Waals surface area contributed by atoms with Gasteiger partial charge in [-0.2, -0.15) is 0 Å².